The second kappa shape index (κ2) is 11.5. The van der Waals surface area contributed by atoms with Crippen LogP contribution in [-0.4, -0.2) is 70.3 Å². The van der Waals surface area contributed by atoms with Crippen LogP contribution in [0.15, 0.2) is 0 Å². The highest BCUT2D eigenvalue weighted by molar-refractivity contribution is 5.94. The number of hydrogen-bond acceptors (Lipinski definition) is 6. The quantitative estimate of drug-likeness (QED) is 0.271. The Balaban J connectivity index is 2.70. The van der Waals surface area contributed by atoms with Crippen molar-refractivity contribution in [2.45, 2.75) is 77.0 Å². The second-order valence-corrected chi connectivity index (χ2v) is 7.74. The zero-order valence-corrected chi connectivity index (χ0v) is 17.7. The summed E-state index contributed by atoms with van der Waals surface area (Å²) in [7, 11) is 0. The molecule has 1 saturated heterocycles. The lowest BCUT2D eigenvalue weighted by Crippen LogP contribution is -2.56. The van der Waals surface area contributed by atoms with Crippen molar-refractivity contribution in [2.24, 2.45) is 17.4 Å². The average molecular weight is 428 g/mol. The van der Waals surface area contributed by atoms with Gasteiger partial charge in [0.1, 0.15) is 18.1 Å². The Morgan fingerprint density at radius 2 is 1.80 bits per heavy atom. The maximum atomic E-state index is 12.7. The molecule has 0 spiro atoms. The van der Waals surface area contributed by atoms with Crippen molar-refractivity contribution in [3.05, 3.63) is 0 Å². The second-order valence-electron chi connectivity index (χ2n) is 7.74. The van der Waals surface area contributed by atoms with Crippen molar-refractivity contribution in [3.8, 4) is 0 Å². The molecular formula is C19H33N5O6. The Morgan fingerprint density at radius 1 is 1.17 bits per heavy atom. The first kappa shape index (κ1) is 25.3. The summed E-state index contributed by atoms with van der Waals surface area (Å²) in [4.78, 5) is 61.2. The van der Waals surface area contributed by atoms with Gasteiger partial charge in [0, 0.05) is 13.0 Å². The van der Waals surface area contributed by atoms with E-state index in [4.69, 9.17) is 11.5 Å². The van der Waals surface area contributed by atoms with E-state index in [1.807, 2.05) is 6.92 Å². The van der Waals surface area contributed by atoms with Crippen LogP contribution in [0.2, 0.25) is 0 Å². The molecule has 0 aromatic rings. The molecule has 1 rings (SSSR count). The third-order valence-corrected chi connectivity index (χ3v) is 5.39. The van der Waals surface area contributed by atoms with E-state index >= 15 is 0 Å². The molecule has 0 saturated carbocycles. The fraction of sp³-hybridized carbons (Fsp3) is 0.737. The van der Waals surface area contributed by atoms with Crippen LogP contribution in [0, 0.1) is 5.92 Å². The third-order valence-electron chi connectivity index (χ3n) is 5.39. The van der Waals surface area contributed by atoms with Crippen LogP contribution in [0.5, 0.6) is 0 Å². The molecule has 0 aliphatic carbocycles. The lowest BCUT2D eigenvalue weighted by atomic mass is 9.99. The van der Waals surface area contributed by atoms with Gasteiger partial charge < -0.3 is 32.1 Å². The minimum absolute atomic E-state index is 0.0320. The number of carboxylic acids is 1. The van der Waals surface area contributed by atoms with Gasteiger partial charge in [-0.05, 0) is 32.1 Å². The van der Waals surface area contributed by atoms with Gasteiger partial charge in [-0.15, -0.1) is 0 Å². The zero-order chi connectivity index (χ0) is 23.0. The van der Waals surface area contributed by atoms with E-state index in [0.717, 1.165) is 0 Å². The largest absolute Gasteiger partial charge is 0.480 e. The maximum absolute atomic E-state index is 12.7. The molecule has 7 N–H and O–H groups in total. The van der Waals surface area contributed by atoms with Crippen LogP contribution < -0.4 is 22.1 Å². The summed E-state index contributed by atoms with van der Waals surface area (Å²) in [6.45, 7) is 5.32. The molecule has 11 nitrogen and oxygen atoms in total. The number of primary amides is 1. The van der Waals surface area contributed by atoms with Gasteiger partial charge in [0.25, 0.3) is 0 Å². The van der Waals surface area contributed by atoms with E-state index in [0.29, 0.717) is 25.8 Å². The molecule has 11 heteroatoms. The average Bonchev–Trinajstić information content (AvgIpc) is 3.18. The van der Waals surface area contributed by atoms with Crippen molar-refractivity contribution < 1.29 is 29.1 Å². The highest BCUT2D eigenvalue weighted by Crippen LogP contribution is 2.19. The number of rotatable bonds is 11. The van der Waals surface area contributed by atoms with E-state index in [-0.39, 0.29) is 18.8 Å². The van der Waals surface area contributed by atoms with E-state index in [1.165, 1.54) is 11.8 Å². The zero-order valence-electron chi connectivity index (χ0n) is 17.7. The first-order valence-electron chi connectivity index (χ1n) is 10.2. The minimum atomic E-state index is -1.14. The molecule has 0 aromatic carbocycles. The van der Waals surface area contributed by atoms with Gasteiger partial charge in [0.05, 0.1) is 6.04 Å². The number of aliphatic carboxylic acids is 1. The topological polar surface area (TPSA) is 185 Å². The number of nitrogens with two attached hydrogens (primary N) is 2. The Hall–Kier alpha value is -2.69. The Labute approximate surface area is 175 Å². The molecule has 5 atom stereocenters. The molecular weight excluding hydrogens is 394 g/mol. The smallest absolute Gasteiger partial charge is 0.326 e. The molecule has 1 fully saturated rings. The number of carbonyl (C=O) groups excluding carboxylic acids is 4. The number of carbonyl (C=O) groups is 5. The monoisotopic (exact) mass is 427 g/mol. The fourth-order valence-corrected chi connectivity index (χ4v) is 3.27. The number of nitrogens with zero attached hydrogens (tertiary/aromatic N) is 1. The number of nitrogens with one attached hydrogen (secondary N) is 2. The summed E-state index contributed by atoms with van der Waals surface area (Å²) in [6, 6.07) is -3.77. The highest BCUT2D eigenvalue weighted by atomic mass is 16.4. The van der Waals surface area contributed by atoms with Gasteiger partial charge in [0.15, 0.2) is 0 Å². The van der Waals surface area contributed by atoms with Crippen LogP contribution in [0.1, 0.15) is 52.9 Å². The van der Waals surface area contributed by atoms with Gasteiger partial charge in [-0.2, -0.15) is 0 Å². The van der Waals surface area contributed by atoms with Crippen molar-refractivity contribution in [1.29, 1.82) is 0 Å². The molecule has 1 heterocycles. The van der Waals surface area contributed by atoms with Crippen LogP contribution in [0.25, 0.3) is 0 Å². The minimum Gasteiger partial charge on any atom is -0.480 e. The number of hydrogen-bond donors (Lipinski definition) is 5. The van der Waals surface area contributed by atoms with Gasteiger partial charge in [-0.25, -0.2) is 4.79 Å². The predicted octanol–water partition coefficient (Wildman–Crippen LogP) is -1.31. The van der Waals surface area contributed by atoms with Crippen LogP contribution >= 0.6 is 0 Å². The summed E-state index contributed by atoms with van der Waals surface area (Å²) in [5.74, 6) is -3.57. The maximum Gasteiger partial charge on any atom is 0.326 e. The van der Waals surface area contributed by atoms with Crippen molar-refractivity contribution in [1.82, 2.24) is 15.5 Å². The van der Waals surface area contributed by atoms with E-state index in [1.54, 1.807) is 6.92 Å². The van der Waals surface area contributed by atoms with E-state index in [2.05, 4.69) is 10.6 Å². The molecule has 5 unspecified atom stereocenters. The number of likely N-dealkylation sites (tertiary alicyclic amines) is 1. The molecule has 0 aromatic heterocycles. The Kier molecular flexibility index (Phi) is 9.70. The normalized spacial score (nSPS) is 20.0. The fourth-order valence-electron chi connectivity index (χ4n) is 3.27. The Morgan fingerprint density at radius 3 is 2.33 bits per heavy atom. The predicted molar refractivity (Wildman–Crippen MR) is 108 cm³/mol. The van der Waals surface area contributed by atoms with E-state index in [9.17, 15) is 29.1 Å². The summed E-state index contributed by atoms with van der Waals surface area (Å²) in [6.07, 6.45) is 1.63. The molecule has 30 heavy (non-hydrogen) atoms. The van der Waals surface area contributed by atoms with Crippen LogP contribution in [-0.2, 0) is 24.0 Å². The van der Waals surface area contributed by atoms with Crippen molar-refractivity contribution in [3.63, 3.8) is 0 Å². The first-order valence-corrected chi connectivity index (χ1v) is 10.2. The van der Waals surface area contributed by atoms with Gasteiger partial charge in [0.2, 0.25) is 23.6 Å². The van der Waals surface area contributed by atoms with Crippen molar-refractivity contribution in [2.75, 3.05) is 6.54 Å². The first-order chi connectivity index (χ1) is 14.0. The van der Waals surface area contributed by atoms with Crippen LogP contribution in [0.3, 0.4) is 0 Å². The molecule has 0 bridgehead atoms. The number of carboxylic acid groups (broad SMARTS) is 1. The number of amides is 4. The summed E-state index contributed by atoms with van der Waals surface area (Å²) < 4.78 is 0. The van der Waals surface area contributed by atoms with Crippen LogP contribution in [0.4, 0.5) is 0 Å². The lowest BCUT2D eigenvalue weighted by molar-refractivity contribution is -0.144. The van der Waals surface area contributed by atoms with Crippen molar-refractivity contribution >= 4 is 29.6 Å². The summed E-state index contributed by atoms with van der Waals surface area (Å²) in [5.41, 5.74) is 10.9. The summed E-state index contributed by atoms with van der Waals surface area (Å²) in [5, 5.41) is 14.3. The van der Waals surface area contributed by atoms with Gasteiger partial charge in [-0.3, -0.25) is 19.2 Å². The van der Waals surface area contributed by atoms with Gasteiger partial charge in [-0.1, -0.05) is 20.3 Å². The standard InChI is InChI=1S/C19H33N5O6/c1-4-10(2)15(19(29)30)23-16(26)11(3)22-17(27)13-6-5-9-24(13)18(28)12(20)7-8-14(21)25/h10-13,15H,4-9,20H2,1-3H3,(H2,21,25)(H,22,27)(H,23,26)(H,29,30). The summed E-state index contributed by atoms with van der Waals surface area (Å²) >= 11 is 0. The molecule has 1 aliphatic heterocycles. The molecule has 0 radical (unpaired) electrons. The van der Waals surface area contributed by atoms with E-state index < -0.39 is 53.8 Å². The molecule has 4 amide bonds. The molecule has 170 valence electrons. The SMILES string of the molecule is CCC(C)C(NC(=O)C(C)NC(=O)C1CCCN1C(=O)C(N)CCC(N)=O)C(=O)O. The molecule has 1 aliphatic rings. The Bertz CT molecular complexity index is 670. The highest BCUT2D eigenvalue weighted by Gasteiger charge is 2.37. The lowest BCUT2D eigenvalue weighted by Gasteiger charge is -2.28. The van der Waals surface area contributed by atoms with Gasteiger partial charge >= 0.3 is 5.97 Å². The third kappa shape index (κ3) is 6.97.